The predicted molar refractivity (Wildman–Crippen MR) is 127 cm³/mol. The molecule has 0 amide bonds. The molecule has 31 heavy (non-hydrogen) atoms. The normalized spacial score (nSPS) is 10.6. The lowest BCUT2D eigenvalue weighted by molar-refractivity contribution is 0.135. The third kappa shape index (κ3) is 9.17. The van der Waals surface area contributed by atoms with Gasteiger partial charge in [-0.2, -0.15) is 0 Å². The van der Waals surface area contributed by atoms with Crippen molar-refractivity contribution < 1.29 is 9.05 Å². The fraction of sp³-hybridized carbons (Fsp3) is 0.579. The molecule has 0 aliphatic carbocycles. The lowest BCUT2D eigenvalue weighted by Gasteiger charge is -2.37. The number of nitrogens with zero attached hydrogens (tertiary/aromatic N) is 4. The number of hydrazine groups is 1. The third-order valence-electron chi connectivity index (χ3n) is 4.25. The van der Waals surface area contributed by atoms with Crippen molar-refractivity contribution in [2.75, 3.05) is 39.3 Å². The molecule has 0 fully saturated rings. The first-order valence-electron chi connectivity index (χ1n) is 10.5. The molecule has 0 unspecified atom stereocenters. The molecule has 2 aromatic heterocycles. The highest BCUT2D eigenvalue weighted by Crippen LogP contribution is 2.03. The molecular formula is C19H32N8O2S2. The molecule has 4 N–H and O–H groups in total. The van der Waals surface area contributed by atoms with E-state index in [0.29, 0.717) is 42.9 Å². The lowest BCUT2D eigenvalue weighted by Crippen LogP contribution is -2.56. The van der Waals surface area contributed by atoms with Crippen LogP contribution in [0.3, 0.4) is 0 Å². The van der Waals surface area contributed by atoms with Gasteiger partial charge in [0.1, 0.15) is 12.5 Å². The number of thiocarbonyl (C=S) groups is 2. The molecule has 2 heterocycles. The van der Waals surface area contributed by atoms with Crippen LogP contribution in [-0.4, -0.2) is 69.8 Å². The Balaban J connectivity index is 1.70. The second-order valence-corrected chi connectivity index (χ2v) is 7.41. The zero-order chi connectivity index (χ0) is 22.3. The Bertz CT molecular complexity index is 742. The zero-order valence-corrected chi connectivity index (χ0v) is 19.7. The fourth-order valence-electron chi connectivity index (χ4n) is 2.76. The summed E-state index contributed by atoms with van der Waals surface area (Å²) in [5, 5.41) is 26.2. The summed E-state index contributed by atoms with van der Waals surface area (Å²) in [6, 6.07) is 3.68. The van der Waals surface area contributed by atoms with Gasteiger partial charge in [-0.1, -0.05) is 17.2 Å². The monoisotopic (exact) mass is 468 g/mol. The minimum atomic E-state index is 0.646. The van der Waals surface area contributed by atoms with E-state index in [0.717, 1.165) is 37.4 Å². The average molecular weight is 469 g/mol. The highest BCUT2D eigenvalue weighted by atomic mass is 32.1. The van der Waals surface area contributed by atoms with Crippen molar-refractivity contribution in [3.05, 3.63) is 36.0 Å². The van der Waals surface area contributed by atoms with Gasteiger partial charge in [0, 0.05) is 64.5 Å². The van der Waals surface area contributed by atoms with Gasteiger partial charge in [-0.25, -0.2) is 0 Å². The Kier molecular flexibility index (Phi) is 11.8. The molecule has 10 nitrogen and oxygen atoms in total. The van der Waals surface area contributed by atoms with Crippen LogP contribution in [0, 0.1) is 0 Å². The summed E-state index contributed by atoms with van der Waals surface area (Å²) in [4.78, 5) is 0. The molecule has 0 aliphatic heterocycles. The Morgan fingerprint density at radius 1 is 0.839 bits per heavy atom. The van der Waals surface area contributed by atoms with Gasteiger partial charge in [-0.05, 0) is 37.8 Å². The third-order valence-corrected chi connectivity index (χ3v) is 4.96. The molecule has 2 rings (SSSR count). The molecule has 0 radical (unpaired) electrons. The van der Waals surface area contributed by atoms with E-state index in [1.807, 2.05) is 22.2 Å². The molecular weight excluding hydrogens is 436 g/mol. The summed E-state index contributed by atoms with van der Waals surface area (Å²) in [6.07, 6.45) is 4.08. The number of hydrogen-bond acceptors (Lipinski definition) is 8. The summed E-state index contributed by atoms with van der Waals surface area (Å²) in [7, 11) is 0. The van der Waals surface area contributed by atoms with Crippen LogP contribution in [0.5, 0.6) is 0 Å². The van der Waals surface area contributed by atoms with Crippen LogP contribution in [0.1, 0.15) is 31.7 Å². The highest BCUT2D eigenvalue weighted by molar-refractivity contribution is 7.80. The van der Waals surface area contributed by atoms with Gasteiger partial charge < -0.3 is 30.3 Å². The van der Waals surface area contributed by atoms with Crippen molar-refractivity contribution in [2.24, 2.45) is 0 Å². The van der Waals surface area contributed by atoms with E-state index in [1.165, 1.54) is 0 Å². The van der Waals surface area contributed by atoms with Gasteiger partial charge in [-0.15, -0.1) is 0 Å². The number of aromatic nitrogens is 2. The van der Waals surface area contributed by atoms with Gasteiger partial charge in [0.15, 0.2) is 10.2 Å². The molecule has 0 atom stereocenters. The molecule has 12 heteroatoms. The Morgan fingerprint density at radius 2 is 1.35 bits per heavy atom. The quantitative estimate of drug-likeness (QED) is 0.193. The number of nitrogens with one attached hydrogen (secondary N) is 4. The van der Waals surface area contributed by atoms with Crippen molar-refractivity contribution in [2.45, 2.75) is 33.4 Å². The van der Waals surface area contributed by atoms with Crippen LogP contribution >= 0.6 is 24.4 Å². The molecule has 0 aromatic carbocycles. The van der Waals surface area contributed by atoms with E-state index in [4.69, 9.17) is 33.5 Å². The maximum atomic E-state index is 5.63. The average Bonchev–Trinajstić information content (AvgIpc) is 3.47. The molecule has 0 bridgehead atoms. The summed E-state index contributed by atoms with van der Waals surface area (Å²) in [5.74, 6) is 0. The standard InChI is InChI=1S/C19H32N8O2S2/c1-3-11-27(19(31)23-10-8-21-15-17-6-13-29-25-17)26(4-2)18(30)22-9-7-20-14-16-5-12-28-24-16/h5-6,12-13,20-21H,3-4,7-11,14-15H2,1-2H3,(H,22,30)(H,23,31). The summed E-state index contributed by atoms with van der Waals surface area (Å²) >= 11 is 11.3. The molecule has 0 spiro atoms. The van der Waals surface area contributed by atoms with Crippen molar-refractivity contribution in [3.8, 4) is 0 Å². The Labute approximate surface area is 194 Å². The summed E-state index contributed by atoms with van der Waals surface area (Å²) in [6.45, 7) is 9.86. The van der Waals surface area contributed by atoms with Gasteiger partial charge in [0.25, 0.3) is 0 Å². The largest absolute Gasteiger partial charge is 0.364 e. The van der Waals surface area contributed by atoms with Crippen molar-refractivity contribution in [1.82, 2.24) is 41.6 Å². The SMILES string of the molecule is CCCN(C(=S)NCCNCc1ccon1)N(CC)C(=S)NCCNCc1ccon1. The Hall–Kier alpha value is -2.28. The zero-order valence-electron chi connectivity index (χ0n) is 18.1. The first kappa shape index (κ1) is 25.0. The molecule has 172 valence electrons. The second kappa shape index (κ2) is 14.7. The smallest absolute Gasteiger partial charge is 0.188 e. The Morgan fingerprint density at radius 3 is 1.77 bits per heavy atom. The first-order chi connectivity index (χ1) is 15.2. The topological polar surface area (TPSA) is 107 Å². The minimum absolute atomic E-state index is 0.646. The maximum absolute atomic E-state index is 5.63. The van der Waals surface area contributed by atoms with E-state index in [9.17, 15) is 0 Å². The van der Waals surface area contributed by atoms with Crippen LogP contribution < -0.4 is 21.3 Å². The second-order valence-electron chi connectivity index (χ2n) is 6.64. The van der Waals surface area contributed by atoms with E-state index in [1.54, 1.807) is 12.5 Å². The van der Waals surface area contributed by atoms with E-state index in [2.05, 4.69) is 45.4 Å². The molecule has 0 aliphatic rings. The van der Waals surface area contributed by atoms with E-state index >= 15 is 0 Å². The first-order valence-corrected chi connectivity index (χ1v) is 11.3. The van der Waals surface area contributed by atoms with Gasteiger partial charge in [0.05, 0.1) is 11.4 Å². The van der Waals surface area contributed by atoms with Crippen LogP contribution in [0.2, 0.25) is 0 Å². The van der Waals surface area contributed by atoms with Crippen molar-refractivity contribution in [1.29, 1.82) is 0 Å². The lowest BCUT2D eigenvalue weighted by atomic mass is 10.4. The molecule has 2 aromatic rings. The molecule has 0 saturated carbocycles. The van der Waals surface area contributed by atoms with E-state index < -0.39 is 0 Å². The predicted octanol–water partition coefficient (Wildman–Crippen LogP) is 1.24. The highest BCUT2D eigenvalue weighted by Gasteiger charge is 2.19. The number of rotatable bonds is 13. The summed E-state index contributed by atoms with van der Waals surface area (Å²) in [5.41, 5.74) is 1.75. The van der Waals surface area contributed by atoms with Gasteiger partial charge in [-0.3, -0.25) is 10.0 Å². The maximum Gasteiger partial charge on any atom is 0.188 e. The van der Waals surface area contributed by atoms with Crippen molar-refractivity contribution in [3.63, 3.8) is 0 Å². The van der Waals surface area contributed by atoms with Crippen molar-refractivity contribution >= 4 is 34.7 Å². The number of hydrogen-bond donors (Lipinski definition) is 4. The fourth-order valence-corrected chi connectivity index (χ4v) is 3.38. The van der Waals surface area contributed by atoms with Gasteiger partial charge >= 0.3 is 0 Å². The van der Waals surface area contributed by atoms with Gasteiger partial charge in [0.2, 0.25) is 0 Å². The van der Waals surface area contributed by atoms with E-state index in [-0.39, 0.29) is 0 Å². The van der Waals surface area contributed by atoms with Crippen LogP contribution in [0.25, 0.3) is 0 Å². The minimum Gasteiger partial charge on any atom is -0.364 e. The molecule has 0 saturated heterocycles. The van der Waals surface area contributed by atoms with Crippen LogP contribution in [0.4, 0.5) is 0 Å². The van der Waals surface area contributed by atoms with Crippen LogP contribution in [0.15, 0.2) is 33.7 Å². The van der Waals surface area contributed by atoms with Crippen LogP contribution in [-0.2, 0) is 13.1 Å². The summed E-state index contributed by atoms with van der Waals surface area (Å²) < 4.78 is 9.64.